The highest BCUT2D eigenvalue weighted by Gasteiger charge is 2.44. The van der Waals surface area contributed by atoms with Gasteiger partial charge < -0.3 is 15.0 Å². The first kappa shape index (κ1) is 26.8. The normalized spacial score (nSPS) is 22.1. The van der Waals surface area contributed by atoms with Crippen LogP contribution >= 0.6 is 0 Å². The van der Waals surface area contributed by atoms with Crippen LogP contribution < -0.4 is 10.9 Å². The summed E-state index contributed by atoms with van der Waals surface area (Å²) in [6, 6.07) is 2.85. The number of aromatic nitrogens is 2. The Morgan fingerprint density at radius 2 is 1.93 bits per heavy atom. The summed E-state index contributed by atoms with van der Waals surface area (Å²) in [6.45, 7) is 11.8. The Balaban J connectivity index is 1.60. The molecule has 0 saturated carbocycles. The van der Waals surface area contributed by atoms with Crippen LogP contribution in [0.4, 0.5) is 4.39 Å². The molecule has 0 radical (unpaired) electrons. The number of carbonyl (C=O) groups is 2. The maximum Gasteiger partial charge on any atom is 0.254 e. The lowest BCUT2D eigenvalue weighted by Crippen LogP contribution is -2.43. The van der Waals surface area contributed by atoms with Crippen LogP contribution in [0.25, 0.3) is 22.3 Å². The molecule has 1 amide bonds. The maximum atomic E-state index is 15.1. The van der Waals surface area contributed by atoms with Crippen molar-refractivity contribution in [2.75, 3.05) is 0 Å². The van der Waals surface area contributed by atoms with Crippen molar-refractivity contribution in [2.24, 2.45) is 11.3 Å². The van der Waals surface area contributed by atoms with Crippen molar-refractivity contribution in [1.82, 2.24) is 14.9 Å². The number of aliphatic hydroxyl groups is 1. The van der Waals surface area contributed by atoms with Crippen LogP contribution in [-0.2, 0) is 34.6 Å². The van der Waals surface area contributed by atoms with Crippen molar-refractivity contribution in [2.45, 2.75) is 91.8 Å². The number of pyridine rings is 2. The minimum absolute atomic E-state index is 0.0480. The standard InChI is InChI=1S/C32H36FN3O4/c1-7-32(40)20-12-24-28-19(14-36(24)30(39)18(20)9-11-25(32)37)27-22(35-29(38)16(3)31(4,5)6)10-8-17-15(2)21(33)13-23(34-28)26(17)27/h12-13,16,22,40H,7-11,14H2,1-6H3,(H,35,38)/t16-,22?,32+/m1/s1. The summed E-state index contributed by atoms with van der Waals surface area (Å²) in [5, 5.41) is 15.5. The highest BCUT2D eigenvalue weighted by Crippen LogP contribution is 2.46. The number of nitrogens with one attached hydrogen (secondary N) is 1. The predicted molar refractivity (Wildman–Crippen MR) is 151 cm³/mol. The Labute approximate surface area is 232 Å². The fraction of sp³-hybridized carbons (Fsp3) is 0.500. The molecule has 210 valence electrons. The van der Waals surface area contributed by atoms with Crippen LogP contribution in [0.3, 0.4) is 0 Å². The molecule has 7 nitrogen and oxygen atoms in total. The van der Waals surface area contributed by atoms with Gasteiger partial charge in [0.25, 0.3) is 5.56 Å². The number of hydrogen-bond donors (Lipinski definition) is 2. The van der Waals surface area contributed by atoms with Gasteiger partial charge in [0.2, 0.25) is 5.91 Å². The van der Waals surface area contributed by atoms with E-state index in [-0.39, 0.29) is 66.2 Å². The molecule has 3 aromatic rings. The van der Waals surface area contributed by atoms with Gasteiger partial charge in [0.05, 0.1) is 29.5 Å². The minimum Gasteiger partial charge on any atom is -0.377 e. The summed E-state index contributed by atoms with van der Waals surface area (Å²) < 4.78 is 16.7. The van der Waals surface area contributed by atoms with Crippen LogP contribution in [0, 0.1) is 24.1 Å². The molecule has 2 aromatic heterocycles. The Bertz CT molecular complexity index is 1700. The molecule has 3 aliphatic rings. The van der Waals surface area contributed by atoms with Crippen LogP contribution in [0.2, 0.25) is 0 Å². The molecule has 1 unspecified atom stereocenters. The molecular formula is C32H36FN3O4. The van der Waals surface area contributed by atoms with Crippen LogP contribution in [-0.4, -0.2) is 26.3 Å². The van der Waals surface area contributed by atoms with Crippen LogP contribution in [0.1, 0.15) is 93.3 Å². The lowest BCUT2D eigenvalue weighted by Gasteiger charge is -2.33. The van der Waals surface area contributed by atoms with E-state index >= 15 is 4.39 Å². The third-order valence-corrected chi connectivity index (χ3v) is 9.76. The van der Waals surface area contributed by atoms with E-state index in [1.165, 1.54) is 6.07 Å². The zero-order valence-electron chi connectivity index (χ0n) is 24.0. The molecule has 6 rings (SSSR count). The molecule has 0 bridgehead atoms. The van der Waals surface area contributed by atoms with Gasteiger partial charge in [0.15, 0.2) is 5.78 Å². The number of rotatable bonds is 3. The van der Waals surface area contributed by atoms with Crippen molar-refractivity contribution in [3.63, 3.8) is 0 Å². The molecule has 40 heavy (non-hydrogen) atoms. The van der Waals surface area contributed by atoms with Crippen molar-refractivity contribution in [3.8, 4) is 11.4 Å². The Hall–Kier alpha value is -3.39. The number of aryl methyl sites for hydroxylation is 1. The second-order valence-corrected chi connectivity index (χ2v) is 12.8. The van der Waals surface area contributed by atoms with Crippen molar-refractivity contribution in [3.05, 3.63) is 61.7 Å². The van der Waals surface area contributed by atoms with Gasteiger partial charge in [-0.2, -0.15) is 0 Å². The summed E-state index contributed by atoms with van der Waals surface area (Å²) in [7, 11) is 0. The molecule has 1 aromatic carbocycles. The summed E-state index contributed by atoms with van der Waals surface area (Å²) in [5.74, 6) is -0.903. The topological polar surface area (TPSA) is 101 Å². The first-order valence-corrected chi connectivity index (χ1v) is 14.3. The second kappa shape index (κ2) is 8.80. The number of halogens is 1. The summed E-state index contributed by atoms with van der Waals surface area (Å²) >= 11 is 0. The van der Waals surface area contributed by atoms with Crippen molar-refractivity contribution >= 4 is 22.6 Å². The van der Waals surface area contributed by atoms with E-state index in [0.29, 0.717) is 46.4 Å². The SMILES string of the molecule is CC[C@@]1(O)C(=O)CCc2c1cc1n(c2=O)Cc2c-1nc1cc(F)c(C)c3c1c2C(NC(=O)[C@@H](C)C(C)(C)C)CC3. The number of amides is 1. The Morgan fingerprint density at radius 1 is 1.20 bits per heavy atom. The van der Waals surface area contributed by atoms with Gasteiger partial charge in [0, 0.05) is 40.5 Å². The van der Waals surface area contributed by atoms with Crippen molar-refractivity contribution < 1.29 is 19.1 Å². The first-order valence-electron chi connectivity index (χ1n) is 14.3. The van der Waals surface area contributed by atoms with Gasteiger partial charge in [-0.15, -0.1) is 0 Å². The number of fused-ring (bicyclic) bond motifs is 5. The van der Waals surface area contributed by atoms with Crippen LogP contribution in [0.5, 0.6) is 0 Å². The average Bonchev–Trinajstić information content (AvgIpc) is 3.27. The monoisotopic (exact) mass is 545 g/mol. The van der Waals surface area contributed by atoms with E-state index in [1.807, 2.05) is 27.7 Å². The lowest BCUT2D eigenvalue weighted by atomic mass is 9.77. The maximum absolute atomic E-state index is 15.1. The molecular weight excluding hydrogens is 509 g/mol. The molecule has 0 saturated heterocycles. The van der Waals surface area contributed by atoms with Crippen LogP contribution in [0.15, 0.2) is 16.9 Å². The summed E-state index contributed by atoms with van der Waals surface area (Å²) in [6.07, 6.45) is 1.78. The smallest absolute Gasteiger partial charge is 0.254 e. The molecule has 1 aliphatic heterocycles. The molecule has 2 N–H and O–H groups in total. The summed E-state index contributed by atoms with van der Waals surface area (Å²) in [4.78, 5) is 44.9. The van der Waals surface area contributed by atoms with Gasteiger partial charge >= 0.3 is 0 Å². The molecule has 3 heterocycles. The molecule has 3 atom stereocenters. The van der Waals surface area contributed by atoms with Gasteiger partial charge in [-0.25, -0.2) is 9.37 Å². The lowest BCUT2D eigenvalue weighted by molar-refractivity contribution is -0.140. The largest absolute Gasteiger partial charge is 0.377 e. The van der Waals surface area contributed by atoms with E-state index in [0.717, 1.165) is 22.1 Å². The third kappa shape index (κ3) is 3.64. The van der Waals surface area contributed by atoms with E-state index in [2.05, 4.69) is 5.32 Å². The van der Waals surface area contributed by atoms with Crippen molar-refractivity contribution in [1.29, 1.82) is 0 Å². The highest BCUT2D eigenvalue weighted by atomic mass is 19.1. The second-order valence-electron chi connectivity index (χ2n) is 12.8. The number of nitrogens with zero attached hydrogens (tertiary/aromatic N) is 2. The number of Topliss-reactive ketones (excluding diaryl/α,β-unsaturated/α-hetero) is 1. The zero-order chi connectivity index (χ0) is 28.9. The quantitative estimate of drug-likeness (QED) is 0.386. The average molecular weight is 546 g/mol. The molecule has 8 heteroatoms. The van der Waals surface area contributed by atoms with E-state index < -0.39 is 5.60 Å². The number of hydrogen-bond acceptors (Lipinski definition) is 5. The van der Waals surface area contributed by atoms with Gasteiger partial charge in [-0.3, -0.25) is 14.4 Å². The molecule has 0 fully saturated rings. The first-order chi connectivity index (χ1) is 18.8. The Kier molecular flexibility index (Phi) is 5.90. The zero-order valence-corrected chi connectivity index (χ0v) is 24.0. The van der Waals surface area contributed by atoms with Gasteiger partial charge in [0.1, 0.15) is 11.4 Å². The summed E-state index contributed by atoms with van der Waals surface area (Å²) in [5.41, 5.74) is 3.38. The van der Waals surface area contributed by atoms with E-state index in [4.69, 9.17) is 4.98 Å². The fourth-order valence-corrected chi connectivity index (χ4v) is 6.77. The highest BCUT2D eigenvalue weighted by molar-refractivity contribution is 5.94. The molecule has 0 spiro atoms. The fourth-order valence-electron chi connectivity index (χ4n) is 6.77. The number of benzene rings is 1. The number of ketones is 1. The number of carbonyl (C=O) groups excluding carboxylic acids is 2. The van der Waals surface area contributed by atoms with Gasteiger partial charge in [-0.1, -0.05) is 34.6 Å². The Morgan fingerprint density at radius 3 is 2.60 bits per heavy atom. The molecule has 2 aliphatic carbocycles. The van der Waals surface area contributed by atoms with E-state index in [1.54, 1.807) is 24.5 Å². The predicted octanol–water partition coefficient (Wildman–Crippen LogP) is 4.77. The minimum atomic E-state index is -1.72. The van der Waals surface area contributed by atoms with E-state index in [9.17, 15) is 19.5 Å². The third-order valence-electron chi connectivity index (χ3n) is 9.76. The van der Waals surface area contributed by atoms with Gasteiger partial charge in [-0.05, 0) is 60.8 Å².